The van der Waals surface area contributed by atoms with Gasteiger partial charge in [0.15, 0.2) is 0 Å². The molecule has 2 aromatic carbocycles. The number of piperidine rings is 1. The molecule has 0 atom stereocenters. The number of aryl methyl sites for hydroxylation is 1. The quantitative estimate of drug-likeness (QED) is 0.865. The first-order valence-corrected chi connectivity index (χ1v) is 9.77. The molecule has 2 heterocycles. The summed E-state index contributed by atoms with van der Waals surface area (Å²) in [5.41, 5.74) is 3.58. The second-order valence-electron chi connectivity index (χ2n) is 7.29. The first-order chi connectivity index (χ1) is 12.8. The predicted octanol–water partition coefficient (Wildman–Crippen LogP) is 4.53. The smallest absolute Gasteiger partial charge is 0.324 e. The Morgan fingerprint density at radius 1 is 0.885 bits per heavy atom. The largest absolute Gasteiger partial charge is 0.382 e. The van der Waals surface area contributed by atoms with E-state index in [-0.39, 0.29) is 6.03 Å². The zero-order valence-electron chi connectivity index (χ0n) is 15.2. The molecule has 0 aromatic heterocycles. The molecule has 4 rings (SSSR count). The van der Waals surface area contributed by atoms with Gasteiger partial charge in [-0.05, 0) is 55.9 Å². The molecule has 0 spiro atoms. The Hall–Kier alpha value is -2.49. The van der Waals surface area contributed by atoms with E-state index in [0.717, 1.165) is 57.4 Å². The Morgan fingerprint density at radius 2 is 1.62 bits per heavy atom. The number of nitrogens with zero attached hydrogens (tertiary/aromatic N) is 2. The van der Waals surface area contributed by atoms with E-state index in [1.807, 2.05) is 21.9 Å². The number of para-hydroxylation sites is 2. The maximum atomic E-state index is 13.2. The molecule has 4 heteroatoms. The van der Waals surface area contributed by atoms with Crippen LogP contribution in [0.4, 0.5) is 16.2 Å². The maximum absolute atomic E-state index is 13.2. The molecule has 1 fully saturated rings. The van der Waals surface area contributed by atoms with E-state index >= 15 is 0 Å². The van der Waals surface area contributed by atoms with E-state index in [2.05, 4.69) is 47.8 Å². The van der Waals surface area contributed by atoms with Crippen LogP contribution in [0.2, 0.25) is 0 Å². The van der Waals surface area contributed by atoms with Crippen molar-refractivity contribution in [1.29, 1.82) is 0 Å². The highest BCUT2D eigenvalue weighted by molar-refractivity contribution is 5.93. The van der Waals surface area contributed by atoms with Crippen LogP contribution in [0.3, 0.4) is 0 Å². The van der Waals surface area contributed by atoms with Gasteiger partial charge in [-0.15, -0.1) is 0 Å². The zero-order chi connectivity index (χ0) is 17.8. The molecule has 136 valence electrons. The maximum Gasteiger partial charge on any atom is 0.324 e. The number of nitrogens with one attached hydrogen (secondary N) is 1. The molecule has 1 N–H and O–H groups in total. The minimum Gasteiger partial charge on any atom is -0.382 e. The van der Waals surface area contributed by atoms with Crippen LogP contribution in [-0.2, 0) is 6.42 Å². The van der Waals surface area contributed by atoms with Gasteiger partial charge in [-0.2, -0.15) is 0 Å². The molecule has 2 aromatic rings. The number of carbonyl (C=O) groups is 1. The third-order valence-electron chi connectivity index (χ3n) is 5.50. The van der Waals surface area contributed by atoms with E-state index < -0.39 is 0 Å². The van der Waals surface area contributed by atoms with Gasteiger partial charge in [0.25, 0.3) is 0 Å². The van der Waals surface area contributed by atoms with Gasteiger partial charge in [-0.25, -0.2) is 4.79 Å². The summed E-state index contributed by atoms with van der Waals surface area (Å²) in [5.74, 6) is 0. The summed E-state index contributed by atoms with van der Waals surface area (Å²) >= 11 is 0. The van der Waals surface area contributed by atoms with Crippen molar-refractivity contribution in [2.45, 2.75) is 38.1 Å². The van der Waals surface area contributed by atoms with Gasteiger partial charge in [0.05, 0.1) is 0 Å². The number of hydrogen-bond acceptors (Lipinski definition) is 2. The lowest BCUT2D eigenvalue weighted by atomic mass is 10.0. The standard InChI is InChI=1S/C22H27N3O/c26-22(25-15-7-6-9-18-8-4-5-12-21(18)25)24-16-13-20(14-17-24)23-19-10-2-1-3-11-19/h1-5,8,10-12,20,23H,6-7,9,13-17H2. The molecule has 0 aliphatic carbocycles. The fourth-order valence-electron chi connectivity index (χ4n) is 4.05. The normalized spacial score (nSPS) is 18.2. The van der Waals surface area contributed by atoms with Crippen molar-refractivity contribution in [1.82, 2.24) is 4.90 Å². The lowest BCUT2D eigenvalue weighted by molar-refractivity contribution is 0.190. The molecule has 0 saturated carbocycles. The monoisotopic (exact) mass is 349 g/mol. The van der Waals surface area contributed by atoms with Gasteiger partial charge in [-0.3, -0.25) is 4.90 Å². The minimum absolute atomic E-state index is 0.178. The molecular weight excluding hydrogens is 322 g/mol. The number of amides is 2. The van der Waals surface area contributed by atoms with E-state index in [4.69, 9.17) is 0 Å². The molecule has 1 saturated heterocycles. The first-order valence-electron chi connectivity index (χ1n) is 9.77. The summed E-state index contributed by atoms with van der Waals surface area (Å²) in [6, 6.07) is 19.3. The van der Waals surface area contributed by atoms with Crippen LogP contribution in [0.5, 0.6) is 0 Å². The number of carbonyl (C=O) groups excluding carboxylic acids is 1. The van der Waals surface area contributed by atoms with Crippen LogP contribution in [0.25, 0.3) is 0 Å². The van der Waals surface area contributed by atoms with Gasteiger partial charge in [-0.1, -0.05) is 36.4 Å². The van der Waals surface area contributed by atoms with Crippen LogP contribution in [-0.4, -0.2) is 36.6 Å². The highest BCUT2D eigenvalue weighted by Gasteiger charge is 2.28. The van der Waals surface area contributed by atoms with Crippen LogP contribution in [0.15, 0.2) is 54.6 Å². The van der Waals surface area contributed by atoms with Crippen LogP contribution in [0.1, 0.15) is 31.2 Å². The fourth-order valence-corrected chi connectivity index (χ4v) is 4.05. The van der Waals surface area contributed by atoms with Crippen molar-refractivity contribution in [2.24, 2.45) is 0 Å². The third-order valence-corrected chi connectivity index (χ3v) is 5.50. The summed E-state index contributed by atoms with van der Waals surface area (Å²) in [5, 5.41) is 3.59. The number of rotatable bonds is 2. The van der Waals surface area contributed by atoms with Crippen molar-refractivity contribution in [2.75, 3.05) is 29.9 Å². The second-order valence-corrected chi connectivity index (χ2v) is 7.29. The van der Waals surface area contributed by atoms with Crippen molar-refractivity contribution < 1.29 is 4.79 Å². The number of fused-ring (bicyclic) bond motifs is 1. The van der Waals surface area contributed by atoms with Crippen LogP contribution in [0, 0.1) is 0 Å². The Balaban J connectivity index is 1.39. The van der Waals surface area contributed by atoms with E-state index in [0.29, 0.717) is 6.04 Å². The number of urea groups is 1. The molecule has 26 heavy (non-hydrogen) atoms. The summed E-state index contributed by atoms with van der Waals surface area (Å²) in [7, 11) is 0. The van der Waals surface area contributed by atoms with Crippen molar-refractivity contribution >= 4 is 17.4 Å². The number of hydrogen-bond donors (Lipinski definition) is 1. The molecule has 2 aliphatic heterocycles. The van der Waals surface area contributed by atoms with E-state index in [9.17, 15) is 4.79 Å². The Labute approximate surface area is 155 Å². The minimum atomic E-state index is 0.178. The highest BCUT2D eigenvalue weighted by Crippen LogP contribution is 2.28. The summed E-state index contributed by atoms with van der Waals surface area (Å²) < 4.78 is 0. The second kappa shape index (κ2) is 7.81. The van der Waals surface area contributed by atoms with Gasteiger partial charge in [0.1, 0.15) is 0 Å². The molecule has 2 aliphatic rings. The van der Waals surface area contributed by atoms with Gasteiger partial charge < -0.3 is 10.2 Å². The van der Waals surface area contributed by atoms with Gasteiger partial charge in [0.2, 0.25) is 0 Å². The van der Waals surface area contributed by atoms with Gasteiger partial charge in [0, 0.05) is 37.1 Å². The third kappa shape index (κ3) is 3.69. The fraction of sp³-hybridized carbons (Fsp3) is 0.409. The topological polar surface area (TPSA) is 35.6 Å². The molecule has 0 unspecified atom stereocenters. The Morgan fingerprint density at radius 3 is 2.42 bits per heavy atom. The molecular formula is C22H27N3O. The summed E-state index contributed by atoms with van der Waals surface area (Å²) in [6.45, 7) is 2.47. The summed E-state index contributed by atoms with van der Waals surface area (Å²) in [6.07, 6.45) is 5.30. The number of anilines is 2. The Kier molecular flexibility index (Phi) is 5.09. The molecule has 2 amide bonds. The highest BCUT2D eigenvalue weighted by atomic mass is 16.2. The summed E-state index contributed by atoms with van der Waals surface area (Å²) in [4.78, 5) is 17.2. The number of benzene rings is 2. The lowest BCUT2D eigenvalue weighted by Crippen LogP contribution is -2.49. The average molecular weight is 349 g/mol. The van der Waals surface area contributed by atoms with Crippen molar-refractivity contribution in [3.05, 3.63) is 60.2 Å². The van der Waals surface area contributed by atoms with Gasteiger partial charge >= 0.3 is 6.03 Å². The lowest BCUT2D eigenvalue weighted by Gasteiger charge is -2.36. The Bertz CT molecular complexity index is 738. The van der Waals surface area contributed by atoms with Crippen molar-refractivity contribution in [3.8, 4) is 0 Å². The van der Waals surface area contributed by atoms with Crippen molar-refractivity contribution in [3.63, 3.8) is 0 Å². The zero-order valence-corrected chi connectivity index (χ0v) is 15.2. The SMILES string of the molecule is O=C(N1CCC(Nc2ccccc2)CC1)N1CCCCc2ccccc21. The first kappa shape index (κ1) is 17.0. The molecule has 0 radical (unpaired) electrons. The predicted molar refractivity (Wildman–Crippen MR) is 107 cm³/mol. The molecule has 4 nitrogen and oxygen atoms in total. The van der Waals surface area contributed by atoms with E-state index in [1.165, 1.54) is 11.3 Å². The molecule has 0 bridgehead atoms. The van der Waals surface area contributed by atoms with Crippen LogP contribution >= 0.6 is 0 Å². The number of likely N-dealkylation sites (tertiary alicyclic amines) is 1. The van der Waals surface area contributed by atoms with Crippen LogP contribution < -0.4 is 10.2 Å². The van der Waals surface area contributed by atoms with E-state index in [1.54, 1.807) is 0 Å². The average Bonchev–Trinajstić information content (AvgIpc) is 2.91.